The highest BCUT2D eigenvalue weighted by Gasteiger charge is 2.05. The zero-order valence-corrected chi connectivity index (χ0v) is 10.2. The lowest BCUT2D eigenvalue weighted by Crippen LogP contribution is -2.22. The van der Waals surface area contributed by atoms with E-state index in [1.807, 2.05) is 6.07 Å². The summed E-state index contributed by atoms with van der Waals surface area (Å²) in [5, 5.41) is 2.80. The van der Waals surface area contributed by atoms with Crippen LogP contribution in [0.4, 0.5) is 4.39 Å². The Kier molecular flexibility index (Phi) is 3.95. The van der Waals surface area contributed by atoms with Gasteiger partial charge >= 0.3 is 0 Å². The van der Waals surface area contributed by atoms with Gasteiger partial charge < -0.3 is 5.32 Å². The minimum absolute atomic E-state index is 0.0569. The number of benzene rings is 2. The number of halogens is 2. The van der Waals surface area contributed by atoms with Gasteiger partial charge in [-0.15, -0.1) is 0 Å². The second-order valence-corrected chi connectivity index (χ2v) is 4.20. The molecule has 1 amide bonds. The van der Waals surface area contributed by atoms with Gasteiger partial charge in [-0.2, -0.15) is 0 Å². The quantitative estimate of drug-likeness (QED) is 0.903. The lowest BCUT2D eigenvalue weighted by atomic mass is 10.2. The minimum Gasteiger partial charge on any atom is -0.348 e. The van der Waals surface area contributed by atoms with E-state index in [0.29, 0.717) is 12.1 Å². The molecule has 0 radical (unpaired) electrons. The molecule has 1 N–H and O–H groups in total. The van der Waals surface area contributed by atoms with Crippen LogP contribution in [-0.2, 0) is 6.54 Å². The number of carbonyl (C=O) groups is 1. The molecule has 92 valence electrons. The van der Waals surface area contributed by atoms with E-state index in [1.54, 1.807) is 30.3 Å². The SMILES string of the molecule is O=C(NCc1ccc(F)c(Cl)c1)c1ccccc1. The van der Waals surface area contributed by atoms with Crippen molar-refractivity contribution in [1.82, 2.24) is 5.32 Å². The van der Waals surface area contributed by atoms with Crippen molar-refractivity contribution in [3.8, 4) is 0 Å². The fourth-order valence-electron chi connectivity index (χ4n) is 1.52. The van der Waals surface area contributed by atoms with Gasteiger partial charge in [0.25, 0.3) is 5.91 Å². The van der Waals surface area contributed by atoms with E-state index in [4.69, 9.17) is 11.6 Å². The molecule has 2 rings (SSSR count). The maximum absolute atomic E-state index is 12.9. The zero-order chi connectivity index (χ0) is 13.0. The maximum atomic E-state index is 12.9. The summed E-state index contributed by atoms with van der Waals surface area (Å²) in [6.45, 7) is 0.313. The number of hydrogen-bond acceptors (Lipinski definition) is 1. The van der Waals surface area contributed by atoms with Gasteiger partial charge in [0.1, 0.15) is 5.82 Å². The van der Waals surface area contributed by atoms with Crippen molar-refractivity contribution >= 4 is 17.5 Å². The summed E-state index contributed by atoms with van der Waals surface area (Å²) in [6.07, 6.45) is 0. The average Bonchev–Trinajstić information content (AvgIpc) is 2.41. The Morgan fingerprint density at radius 1 is 1.17 bits per heavy atom. The first-order valence-electron chi connectivity index (χ1n) is 5.44. The van der Waals surface area contributed by atoms with Crippen LogP contribution in [0.2, 0.25) is 5.02 Å². The Labute approximate surface area is 109 Å². The third kappa shape index (κ3) is 3.08. The summed E-state index contributed by atoms with van der Waals surface area (Å²) >= 11 is 5.66. The number of amides is 1. The van der Waals surface area contributed by atoms with Gasteiger partial charge in [0.05, 0.1) is 5.02 Å². The largest absolute Gasteiger partial charge is 0.348 e. The molecule has 0 saturated heterocycles. The Bertz CT molecular complexity index is 557. The molecule has 0 atom stereocenters. The van der Waals surface area contributed by atoms with Crippen molar-refractivity contribution < 1.29 is 9.18 Å². The predicted molar refractivity (Wildman–Crippen MR) is 69.0 cm³/mol. The van der Waals surface area contributed by atoms with E-state index in [0.717, 1.165) is 5.56 Å². The Balaban J connectivity index is 1.99. The number of nitrogens with one attached hydrogen (secondary N) is 1. The molecule has 0 unspecified atom stereocenters. The van der Waals surface area contributed by atoms with Gasteiger partial charge in [-0.05, 0) is 29.8 Å². The third-order valence-electron chi connectivity index (χ3n) is 2.47. The fraction of sp³-hybridized carbons (Fsp3) is 0.0714. The first kappa shape index (κ1) is 12.6. The molecule has 0 aliphatic rings. The van der Waals surface area contributed by atoms with Gasteiger partial charge in [0.2, 0.25) is 0 Å². The summed E-state index contributed by atoms with van der Waals surface area (Å²) in [4.78, 5) is 11.8. The van der Waals surface area contributed by atoms with Gasteiger partial charge in [-0.25, -0.2) is 4.39 Å². The minimum atomic E-state index is -0.463. The summed E-state index contributed by atoms with van der Waals surface area (Å²) < 4.78 is 12.9. The maximum Gasteiger partial charge on any atom is 0.251 e. The Morgan fingerprint density at radius 2 is 1.89 bits per heavy atom. The molecule has 2 aromatic rings. The molecular formula is C14H11ClFNO. The van der Waals surface area contributed by atoms with Crippen molar-refractivity contribution in [3.05, 3.63) is 70.5 Å². The molecule has 0 heterocycles. The second-order valence-electron chi connectivity index (χ2n) is 3.80. The van der Waals surface area contributed by atoms with Crippen molar-refractivity contribution in [2.45, 2.75) is 6.54 Å². The summed E-state index contributed by atoms with van der Waals surface area (Å²) in [6, 6.07) is 13.3. The van der Waals surface area contributed by atoms with E-state index in [-0.39, 0.29) is 10.9 Å². The monoisotopic (exact) mass is 263 g/mol. The molecule has 2 aromatic carbocycles. The van der Waals surface area contributed by atoms with E-state index in [2.05, 4.69) is 5.32 Å². The van der Waals surface area contributed by atoms with Crippen LogP contribution in [0.25, 0.3) is 0 Å². The normalized spacial score (nSPS) is 10.1. The lowest BCUT2D eigenvalue weighted by molar-refractivity contribution is 0.0951. The standard InChI is InChI=1S/C14H11ClFNO/c15-12-8-10(6-7-13(12)16)9-17-14(18)11-4-2-1-3-5-11/h1-8H,9H2,(H,17,18). The van der Waals surface area contributed by atoms with Crippen molar-refractivity contribution in [2.24, 2.45) is 0 Å². The van der Waals surface area contributed by atoms with Crippen LogP contribution in [0.1, 0.15) is 15.9 Å². The number of hydrogen-bond donors (Lipinski definition) is 1. The van der Waals surface area contributed by atoms with Crippen LogP contribution < -0.4 is 5.32 Å². The highest BCUT2D eigenvalue weighted by atomic mass is 35.5. The van der Waals surface area contributed by atoms with Gasteiger partial charge in [-0.3, -0.25) is 4.79 Å². The van der Waals surface area contributed by atoms with Gasteiger partial charge in [0.15, 0.2) is 0 Å². The lowest BCUT2D eigenvalue weighted by Gasteiger charge is -2.06. The average molecular weight is 264 g/mol. The van der Waals surface area contributed by atoms with Crippen LogP contribution in [0.5, 0.6) is 0 Å². The van der Waals surface area contributed by atoms with Crippen LogP contribution >= 0.6 is 11.6 Å². The van der Waals surface area contributed by atoms with E-state index in [1.165, 1.54) is 12.1 Å². The molecule has 0 spiro atoms. The van der Waals surface area contributed by atoms with Gasteiger partial charge in [-0.1, -0.05) is 35.9 Å². The molecule has 4 heteroatoms. The zero-order valence-electron chi connectivity index (χ0n) is 9.49. The third-order valence-corrected chi connectivity index (χ3v) is 2.76. The molecule has 18 heavy (non-hydrogen) atoms. The number of rotatable bonds is 3. The van der Waals surface area contributed by atoms with Gasteiger partial charge in [0, 0.05) is 12.1 Å². The Hall–Kier alpha value is -1.87. The molecule has 2 nitrogen and oxygen atoms in total. The first-order chi connectivity index (χ1) is 8.66. The summed E-state index contributed by atoms with van der Waals surface area (Å²) in [5.41, 5.74) is 1.34. The molecular weight excluding hydrogens is 253 g/mol. The van der Waals surface area contributed by atoms with Crippen molar-refractivity contribution in [1.29, 1.82) is 0 Å². The topological polar surface area (TPSA) is 29.1 Å². The number of carbonyl (C=O) groups excluding carboxylic acids is 1. The summed E-state index contributed by atoms with van der Waals surface area (Å²) in [5.74, 6) is -0.633. The fourth-order valence-corrected chi connectivity index (χ4v) is 1.73. The molecule has 0 bridgehead atoms. The second kappa shape index (κ2) is 5.65. The van der Waals surface area contributed by atoms with Crippen LogP contribution in [0.15, 0.2) is 48.5 Å². The van der Waals surface area contributed by atoms with Crippen LogP contribution in [0.3, 0.4) is 0 Å². The smallest absolute Gasteiger partial charge is 0.251 e. The van der Waals surface area contributed by atoms with E-state index >= 15 is 0 Å². The van der Waals surface area contributed by atoms with E-state index in [9.17, 15) is 9.18 Å². The van der Waals surface area contributed by atoms with E-state index < -0.39 is 5.82 Å². The first-order valence-corrected chi connectivity index (χ1v) is 5.82. The van der Waals surface area contributed by atoms with Crippen molar-refractivity contribution in [2.75, 3.05) is 0 Å². The Morgan fingerprint density at radius 3 is 2.56 bits per heavy atom. The van der Waals surface area contributed by atoms with Crippen LogP contribution in [0, 0.1) is 5.82 Å². The molecule has 0 aromatic heterocycles. The molecule has 0 aliphatic heterocycles. The van der Waals surface area contributed by atoms with Crippen LogP contribution in [-0.4, -0.2) is 5.91 Å². The highest BCUT2D eigenvalue weighted by Crippen LogP contribution is 2.15. The van der Waals surface area contributed by atoms with Crippen molar-refractivity contribution in [3.63, 3.8) is 0 Å². The highest BCUT2D eigenvalue weighted by molar-refractivity contribution is 6.30. The molecule has 0 saturated carbocycles. The summed E-state index contributed by atoms with van der Waals surface area (Å²) in [7, 11) is 0. The molecule has 0 aliphatic carbocycles. The predicted octanol–water partition coefficient (Wildman–Crippen LogP) is 3.41. The molecule has 0 fully saturated rings.